The van der Waals surface area contributed by atoms with Gasteiger partial charge in [-0.15, -0.1) is 0 Å². The summed E-state index contributed by atoms with van der Waals surface area (Å²) in [4.78, 5) is 29.0. The second-order valence-electron chi connectivity index (χ2n) is 10.9. The molecule has 2 aromatic rings. The van der Waals surface area contributed by atoms with Gasteiger partial charge in [0.05, 0.1) is 5.41 Å². The van der Waals surface area contributed by atoms with E-state index in [1.807, 2.05) is 44.2 Å². The predicted octanol–water partition coefficient (Wildman–Crippen LogP) is 4.48. The number of nitrogens with one attached hydrogen (secondary N) is 1. The first-order valence-corrected chi connectivity index (χ1v) is 12.9. The number of benzene rings is 1. The third-order valence-corrected chi connectivity index (χ3v) is 8.77. The summed E-state index contributed by atoms with van der Waals surface area (Å²) in [5.41, 5.74) is -0.748. The number of hydrogen-bond donors (Lipinski definition) is 1. The molecule has 0 saturated heterocycles. The lowest BCUT2D eigenvalue weighted by atomic mass is 9.79. The molecule has 5 atom stereocenters. The van der Waals surface area contributed by atoms with Gasteiger partial charge in [0, 0.05) is 25.0 Å². The van der Waals surface area contributed by atoms with Crippen LogP contribution >= 0.6 is 11.8 Å². The van der Waals surface area contributed by atoms with Gasteiger partial charge in [-0.05, 0) is 80.5 Å². The molecule has 1 N–H and O–H groups in total. The van der Waals surface area contributed by atoms with Crippen LogP contribution in [0, 0.1) is 29.1 Å². The molecule has 5 unspecified atom stereocenters. The van der Waals surface area contributed by atoms with E-state index in [1.165, 1.54) is 37.4 Å². The summed E-state index contributed by atoms with van der Waals surface area (Å²) in [5.74, 6) is 2.93. The highest BCUT2D eigenvalue weighted by Crippen LogP contribution is 2.58. The van der Waals surface area contributed by atoms with Crippen molar-refractivity contribution < 1.29 is 18.8 Å². The van der Waals surface area contributed by atoms with E-state index in [2.05, 4.69) is 10.5 Å². The van der Waals surface area contributed by atoms with E-state index in [0.717, 1.165) is 16.7 Å². The Balaban J connectivity index is 1.36. The van der Waals surface area contributed by atoms with Gasteiger partial charge in [0.15, 0.2) is 0 Å². The highest BCUT2D eigenvalue weighted by Gasteiger charge is 2.54. The van der Waals surface area contributed by atoms with Crippen molar-refractivity contribution in [1.29, 1.82) is 0 Å². The molecule has 182 valence electrons. The van der Waals surface area contributed by atoms with Gasteiger partial charge in [-0.25, -0.2) is 0 Å². The van der Waals surface area contributed by atoms with Crippen LogP contribution in [0.1, 0.15) is 50.1 Å². The van der Waals surface area contributed by atoms with E-state index in [0.29, 0.717) is 16.7 Å². The number of carbonyl (C=O) groups is 2. The lowest BCUT2D eigenvalue weighted by Crippen LogP contribution is -2.44. The molecule has 4 saturated carbocycles. The van der Waals surface area contributed by atoms with Crippen LogP contribution in [0.3, 0.4) is 0 Å². The fraction of sp³-hybridized carbons (Fsp3) is 0.577. The molecule has 1 heterocycles. The number of nitrogens with zero attached hydrogens (tertiary/aromatic N) is 2. The lowest BCUT2D eigenvalue weighted by molar-refractivity contribution is -0.139. The van der Waals surface area contributed by atoms with Crippen molar-refractivity contribution in [2.24, 2.45) is 29.1 Å². The van der Waals surface area contributed by atoms with E-state index in [9.17, 15) is 9.59 Å². The number of aromatic nitrogens is 1. The Hall–Kier alpha value is -2.48. The van der Waals surface area contributed by atoms with E-state index < -0.39 is 5.41 Å². The first-order valence-electron chi connectivity index (χ1n) is 12.1. The Morgan fingerprint density at radius 2 is 1.88 bits per heavy atom. The second-order valence-corrected chi connectivity index (χ2v) is 12.0. The topological polar surface area (TPSA) is 84.7 Å². The van der Waals surface area contributed by atoms with Gasteiger partial charge >= 0.3 is 0 Å². The molecule has 4 bridgehead atoms. The van der Waals surface area contributed by atoms with Crippen molar-refractivity contribution in [3.8, 4) is 5.88 Å². The van der Waals surface area contributed by atoms with Crippen LogP contribution in [-0.2, 0) is 4.79 Å². The maximum absolute atomic E-state index is 13.4. The molecule has 0 spiro atoms. The maximum atomic E-state index is 13.4. The SMILES string of the molecule is CN(C)C(=O)C(C)(C)COc1noc(C(=O)NC2C3CC4CC(C3)C2C4)c1Sc1ccccc1. The third-order valence-electron chi connectivity index (χ3n) is 7.70. The lowest BCUT2D eigenvalue weighted by Gasteiger charge is -2.32. The Morgan fingerprint density at radius 1 is 1.15 bits per heavy atom. The molecule has 4 fully saturated rings. The highest BCUT2D eigenvalue weighted by molar-refractivity contribution is 7.99. The Morgan fingerprint density at radius 3 is 2.59 bits per heavy atom. The molecule has 6 rings (SSSR count). The molecule has 4 aliphatic rings. The molecular formula is C26H33N3O4S. The maximum Gasteiger partial charge on any atom is 0.291 e. The van der Waals surface area contributed by atoms with Gasteiger partial charge in [0.2, 0.25) is 11.7 Å². The average molecular weight is 484 g/mol. The zero-order valence-electron chi connectivity index (χ0n) is 20.2. The first kappa shape index (κ1) is 23.3. The number of rotatable bonds is 8. The smallest absolute Gasteiger partial charge is 0.291 e. The van der Waals surface area contributed by atoms with Crippen molar-refractivity contribution in [3.05, 3.63) is 36.1 Å². The average Bonchev–Trinajstić information content (AvgIpc) is 3.41. The van der Waals surface area contributed by atoms with E-state index in [-0.39, 0.29) is 36.1 Å². The van der Waals surface area contributed by atoms with E-state index >= 15 is 0 Å². The Bertz CT molecular complexity index is 1060. The van der Waals surface area contributed by atoms with Crippen molar-refractivity contribution >= 4 is 23.6 Å². The minimum Gasteiger partial charge on any atom is -0.474 e. The van der Waals surface area contributed by atoms with Crippen LogP contribution in [-0.4, -0.2) is 48.6 Å². The van der Waals surface area contributed by atoms with Gasteiger partial charge in [0.25, 0.3) is 11.8 Å². The number of hydrogen-bond acceptors (Lipinski definition) is 6. The fourth-order valence-electron chi connectivity index (χ4n) is 6.29. The Kier molecular flexibility index (Phi) is 6.12. The largest absolute Gasteiger partial charge is 0.474 e. The molecule has 1 aromatic heterocycles. The molecule has 0 aliphatic heterocycles. The minimum absolute atomic E-state index is 0.0441. The van der Waals surface area contributed by atoms with Crippen LogP contribution in [0.15, 0.2) is 44.6 Å². The summed E-state index contributed by atoms with van der Waals surface area (Å²) in [5, 5.41) is 7.40. The zero-order chi connectivity index (χ0) is 24.0. The molecule has 1 aromatic carbocycles. The third kappa shape index (κ3) is 4.32. The van der Waals surface area contributed by atoms with Crippen LogP contribution in [0.4, 0.5) is 0 Å². The van der Waals surface area contributed by atoms with Crippen LogP contribution in [0.5, 0.6) is 5.88 Å². The normalized spacial score (nSPS) is 27.1. The summed E-state index contributed by atoms with van der Waals surface area (Å²) in [6.07, 6.45) is 5.02. The van der Waals surface area contributed by atoms with Gasteiger partial charge < -0.3 is 19.5 Å². The fourth-order valence-corrected chi connectivity index (χ4v) is 7.23. The standard InChI is InChI=1S/C26H33N3O4S/c1-26(2,25(31)29(3)4)14-32-24-22(34-18-8-6-5-7-9-18)21(33-28-24)23(30)27-20-17-11-15-10-16(13-17)19(20)12-15/h5-9,15-17,19-20H,10-14H2,1-4H3,(H,27,30). The summed E-state index contributed by atoms with van der Waals surface area (Å²) >= 11 is 1.39. The predicted molar refractivity (Wildman–Crippen MR) is 129 cm³/mol. The first-order chi connectivity index (χ1) is 16.2. The molecule has 34 heavy (non-hydrogen) atoms. The number of ether oxygens (including phenoxy) is 1. The molecule has 4 aliphatic carbocycles. The summed E-state index contributed by atoms with van der Waals surface area (Å²) in [7, 11) is 3.45. The van der Waals surface area contributed by atoms with Crippen LogP contribution in [0.2, 0.25) is 0 Å². The second kappa shape index (κ2) is 8.95. The summed E-state index contributed by atoms with van der Waals surface area (Å²) in [6.45, 7) is 3.78. The van der Waals surface area contributed by atoms with Crippen molar-refractivity contribution in [1.82, 2.24) is 15.4 Å². The quantitative estimate of drug-likeness (QED) is 0.596. The van der Waals surface area contributed by atoms with Crippen molar-refractivity contribution in [2.75, 3.05) is 20.7 Å². The highest BCUT2D eigenvalue weighted by atomic mass is 32.2. The molecular weight excluding hydrogens is 450 g/mol. The van der Waals surface area contributed by atoms with E-state index in [4.69, 9.17) is 9.26 Å². The number of amides is 2. The summed E-state index contributed by atoms with van der Waals surface area (Å²) in [6, 6.07) is 10.00. The van der Waals surface area contributed by atoms with Crippen LogP contribution in [0.25, 0.3) is 0 Å². The van der Waals surface area contributed by atoms with Gasteiger partial charge in [-0.1, -0.05) is 30.0 Å². The van der Waals surface area contributed by atoms with Gasteiger partial charge in [-0.3, -0.25) is 9.59 Å². The van der Waals surface area contributed by atoms with Crippen molar-refractivity contribution in [3.63, 3.8) is 0 Å². The molecule has 8 heteroatoms. The van der Waals surface area contributed by atoms with Gasteiger partial charge in [0.1, 0.15) is 11.5 Å². The number of carbonyl (C=O) groups excluding carboxylic acids is 2. The monoisotopic (exact) mass is 483 g/mol. The Labute approximate surface area is 205 Å². The summed E-state index contributed by atoms with van der Waals surface area (Å²) < 4.78 is 11.6. The van der Waals surface area contributed by atoms with Gasteiger partial charge in [-0.2, -0.15) is 0 Å². The van der Waals surface area contributed by atoms with Crippen molar-refractivity contribution in [2.45, 2.75) is 55.4 Å². The van der Waals surface area contributed by atoms with E-state index in [1.54, 1.807) is 19.0 Å². The zero-order valence-corrected chi connectivity index (χ0v) is 21.1. The molecule has 2 amide bonds. The molecule has 0 radical (unpaired) electrons. The van der Waals surface area contributed by atoms with Crippen LogP contribution < -0.4 is 10.1 Å². The molecule has 7 nitrogen and oxygen atoms in total. The minimum atomic E-state index is -0.748.